The zero-order valence-corrected chi connectivity index (χ0v) is 16.0. The third kappa shape index (κ3) is 3.78. The predicted octanol–water partition coefficient (Wildman–Crippen LogP) is 4.02. The molecule has 0 aromatic heterocycles. The van der Waals surface area contributed by atoms with E-state index in [0.29, 0.717) is 29.2 Å². The number of hydrogen-bond donors (Lipinski definition) is 2. The van der Waals surface area contributed by atoms with Crippen molar-refractivity contribution in [3.63, 3.8) is 0 Å². The number of aryl methyl sites for hydroxylation is 1. The minimum absolute atomic E-state index is 0.249. The van der Waals surface area contributed by atoms with Crippen molar-refractivity contribution < 1.29 is 19.4 Å². The van der Waals surface area contributed by atoms with Gasteiger partial charge in [0.25, 0.3) is 5.91 Å². The molecule has 2 atom stereocenters. The normalized spacial score (nSPS) is 21.2. The maximum Gasteiger partial charge on any atom is 0.334 e. The molecule has 0 bridgehead atoms. The van der Waals surface area contributed by atoms with Gasteiger partial charge in [0.15, 0.2) is 12.1 Å². The topological polar surface area (TPSA) is 75.6 Å². The van der Waals surface area contributed by atoms with Crippen LogP contribution in [0, 0.1) is 6.92 Å². The quantitative estimate of drug-likeness (QED) is 0.812. The summed E-state index contributed by atoms with van der Waals surface area (Å²) < 4.78 is 5.52. The Labute approximate surface area is 163 Å². The van der Waals surface area contributed by atoms with Crippen molar-refractivity contribution in [1.82, 2.24) is 5.32 Å². The van der Waals surface area contributed by atoms with Gasteiger partial charge in [0.1, 0.15) is 5.75 Å². The highest BCUT2D eigenvalue weighted by atomic mass is 35.5. The Morgan fingerprint density at radius 1 is 1.30 bits per heavy atom. The Balaban J connectivity index is 1.79. The van der Waals surface area contributed by atoms with E-state index in [4.69, 9.17) is 16.3 Å². The highest BCUT2D eigenvalue weighted by Crippen LogP contribution is 2.41. The summed E-state index contributed by atoms with van der Waals surface area (Å²) in [5.41, 5.74) is 1.01. The zero-order chi connectivity index (χ0) is 19.6. The van der Waals surface area contributed by atoms with Crippen LogP contribution in [0.25, 0.3) is 0 Å². The van der Waals surface area contributed by atoms with Gasteiger partial charge in [-0.1, -0.05) is 42.8 Å². The minimum Gasteiger partial charge on any atom is -0.484 e. The molecular formula is C21H22ClNO4. The first kappa shape index (κ1) is 19.2. The standard InChI is InChI=1S/C21H22ClNO4/c1-13-9-10-21(20(25)26,17-6-4-3-5-16(13)17)23-19(24)12-27-15-7-8-18(22)14(2)11-15/h3-8,11,13H,9-10,12H2,1-2H3,(H,23,24)(H,25,26). The predicted molar refractivity (Wildman–Crippen MR) is 103 cm³/mol. The molecule has 1 aliphatic carbocycles. The molecule has 1 amide bonds. The van der Waals surface area contributed by atoms with Gasteiger partial charge in [0.2, 0.25) is 0 Å². The number of hydrogen-bond acceptors (Lipinski definition) is 3. The van der Waals surface area contributed by atoms with Crippen LogP contribution in [0.4, 0.5) is 0 Å². The van der Waals surface area contributed by atoms with Crippen LogP contribution in [0.1, 0.15) is 42.4 Å². The van der Waals surface area contributed by atoms with Crippen LogP contribution in [0.2, 0.25) is 5.02 Å². The van der Waals surface area contributed by atoms with Crippen LogP contribution in [0.3, 0.4) is 0 Å². The molecule has 2 N–H and O–H groups in total. The molecule has 0 radical (unpaired) electrons. The van der Waals surface area contributed by atoms with Crippen molar-refractivity contribution in [1.29, 1.82) is 0 Å². The second-order valence-corrected chi connectivity index (χ2v) is 7.39. The fourth-order valence-electron chi connectivity index (χ4n) is 3.57. The number of carbonyl (C=O) groups excluding carboxylic acids is 1. The molecule has 3 rings (SSSR count). The summed E-state index contributed by atoms with van der Waals surface area (Å²) in [7, 11) is 0. The van der Waals surface area contributed by atoms with Crippen LogP contribution >= 0.6 is 11.6 Å². The van der Waals surface area contributed by atoms with Crippen molar-refractivity contribution in [2.24, 2.45) is 0 Å². The van der Waals surface area contributed by atoms with Crippen LogP contribution in [0.5, 0.6) is 5.75 Å². The van der Waals surface area contributed by atoms with Gasteiger partial charge in [0, 0.05) is 5.02 Å². The summed E-state index contributed by atoms with van der Waals surface area (Å²) in [6.45, 7) is 3.64. The third-order valence-corrected chi connectivity index (χ3v) is 5.55. The van der Waals surface area contributed by atoms with Crippen LogP contribution in [0.15, 0.2) is 42.5 Å². The molecule has 142 valence electrons. The number of fused-ring (bicyclic) bond motifs is 1. The number of amides is 1. The first-order valence-corrected chi connectivity index (χ1v) is 9.24. The molecule has 27 heavy (non-hydrogen) atoms. The van der Waals surface area contributed by atoms with Gasteiger partial charge in [-0.25, -0.2) is 4.79 Å². The maximum absolute atomic E-state index is 12.5. The van der Waals surface area contributed by atoms with E-state index >= 15 is 0 Å². The first-order valence-electron chi connectivity index (χ1n) is 8.86. The Morgan fingerprint density at radius 2 is 2.04 bits per heavy atom. The summed E-state index contributed by atoms with van der Waals surface area (Å²) in [6.07, 6.45) is 1.02. The second-order valence-electron chi connectivity index (χ2n) is 6.99. The minimum atomic E-state index is -1.43. The zero-order valence-electron chi connectivity index (χ0n) is 15.3. The highest BCUT2D eigenvalue weighted by Gasteiger charge is 2.46. The number of benzene rings is 2. The number of aliphatic carboxylic acids is 1. The molecule has 6 heteroatoms. The van der Waals surface area contributed by atoms with Gasteiger partial charge < -0.3 is 15.2 Å². The lowest BCUT2D eigenvalue weighted by atomic mass is 9.72. The van der Waals surface area contributed by atoms with Gasteiger partial charge in [0.05, 0.1) is 0 Å². The Morgan fingerprint density at radius 3 is 2.74 bits per heavy atom. The summed E-state index contributed by atoms with van der Waals surface area (Å²) >= 11 is 5.98. The molecule has 0 saturated carbocycles. The van der Waals surface area contributed by atoms with E-state index in [-0.39, 0.29) is 12.5 Å². The molecule has 0 fully saturated rings. The second kappa shape index (κ2) is 7.61. The Hall–Kier alpha value is -2.53. The van der Waals surface area contributed by atoms with Gasteiger partial charge in [-0.3, -0.25) is 4.79 Å². The number of rotatable bonds is 5. The van der Waals surface area contributed by atoms with E-state index in [0.717, 1.165) is 11.1 Å². The third-order valence-electron chi connectivity index (χ3n) is 5.12. The highest BCUT2D eigenvalue weighted by molar-refractivity contribution is 6.31. The summed E-state index contributed by atoms with van der Waals surface area (Å²) in [6, 6.07) is 12.5. The van der Waals surface area contributed by atoms with Crippen molar-refractivity contribution in [2.45, 2.75) is 38.1 Å². The van der Waals surface area contributed by atoms with Crippen LogP contribution < -0.4 is 10.1 Å². The fraction of sp³-hybridized carbons (Fsp3) is 0.333. The van der Waals surface area contributed by atoms with Crippen LogP contribution in [-0.4, -0.2) is 23.6 Å². The molecule has 2 aromatic rings. The van der Waals surface area contributed by atoms with Crippen molar-refractivity contribution in [3.8, 4) is 5.75 Å². The van der Waals surface area contributed by atoms with Gasteiger partial charge in [-0.2, -0.15) is 0 Å². The maximum atomic E-state index is 12.5. The number of halogens is 1. The molecule has 2 unspecified atom stereocenters. The van der Waals surface area contributed by atoms with Gasteiger partial charge in [-0.15, -0.1) is 0 Å². The van der Waals surface area contributed by atoms with E-state index in [1.165, 1.54) is 0 Å². The number of carboxylic acids is 1. The SMILES string of the molecule is Cc1cc(OCC(=O)NC2(C(=O)O)CCC(C)c3ccccc32)ccc1Cl. The van der Waals surface area contributed by atoms with Crippen molar-refractivity contribution in [2.75, 3.05) is 6.61 Å². The molecule has 5 nitrogen and oxygen atoms in total. The molecule has 0 saturated heterocycles. The largest absolute Gasteiger partial charge is 0.484 e. The molecular weight excluding hydrogens is 366 g/mol. The average Bonchev–Trinajstić information content (AvgIpc) is 2.65. The molecule has 0 heterocycles. The molecule has 1 aliphatic rings. The summed E-state index contributed by atoms with van der Waals surface area (Å²) in [4.78, 5) is 24.7. The average molecular weight is 388 g/mol. The Kier molecular flexibility index (Phi) is 5.42. The van der Waals surface area contributed by atoms with E-state index < -0.39 is 17.4 Å². The summed E-state index contributed by atoms with van der Waals surface area (Å²) in [5, 5.41) is 13.3. The van der Waals surface area contributed by atoms with E-state index in [2.05, 4.69) is 12.2 Å². The van der Waals surface area contributed by atoms with Gasteiger partial charge >= 0.3 is 5.97 Å². The molecule has 0 spiro atoms. The first-order chi connectivity index (χ1) is 12.8. The number of carbonyl (C=O) groups is 2. The Bertz CT molecular complexity index is 882. The molecule has 0 aliphatic heterocycles. The lowest BCUT2D eigenvalue weighted by Gasteiger charge is -2.38. The number of ether oxygens (including phenoxy) is 1. The number of nitrogens with one attached hydrogen (secondary N) is 1. The lowest BCUT2D eigenvalue weighted by Crippen LogP contribution is -2.55. The smallest absolute Gasteiger partial charge is 0.334 e. The van der Waals surface area contributed by atoms with E-state index in [9.17, 15) is 14.7 Å². The van der Waals surface area contributed by atoms with Crippen molar-refractivity contribution in [3.05, 3.63) is 64.2 Å². The van der Waals surface area contributed by atoms with E-state index in [1.54, 1.807) is 30.3 Å². The fourth-order valence-corrected chi connectivity index (χ4v) is 3.69. The monoisotopic (exact) mass is 387 g/mol. The summed E-state index contributed by atoms with van der Waals surface area (Å²) in [5.74, 6) is -0.778. The van der Waals surface area contributed by atoms with E-state index in [1.807, 2.05) is 19.1 Å². The lowest BCUT2D eigenvalue weighted by molar-refractivity contribution is -0.149. The van der Waals surface area contributed by atoms with Crippen molar-refractivity contribution >= 4 is 23.5 Å². The van der Waals surface area contributed by atoms with Gasteiger partial charge in [-0.05, 0) is 60.6 Å². The number of carboxylic acid groups (broad SMARTS) is 1. The molecule has 2 aromatic carbocycles. The van der Waals surface area contributed by atoms with Crippen LogP contribution in [-0.2, 0) is 15.1 Å².